The molecular weight excluding hydrogens is 372 g/mol. The molecule has 0 aliphatic carbocycles. The number of pyridine rings is 1. The highest BCUT2D eigenvalue weighted by molar-refractivity contribution is 7.99. The Bertz CT molecular complexity index is 1340. The monoisotopic (exact) mass is 388 g/mol. The van der Waals surface area contributed by atoms with Crippen LogP contribution >= 0.6 is 11.8 Å². The molecule has 0 saturated heterocycles. The molecule has 8 nitrogen and oxygen atoms in total. The molecule has 0 unspecified atom stereocenters. The van der Waals surface area contributed by atoms with E-state index in [0.29, 0.717) is 16.6 Å². The summed E-state index contributed by atoms with van der Waals surface area (Å²) in [6.45, 7) is 2.05. The smallest absolute Gasteiger partial charge is 0.217 e. The van der Waals surface area contributed by atoms with E-state index < -0.39 is 0 Å². The molecule has 0 atom stereocenters. The van der Waals surface area contributed by atoms with Gasteiger partial charge in [-0.2, -0.15) is 14.7 Å². The Labute approximate surface area is 164 Å². The fourth-order valence-corrected chi connectivity index (χ4v) is 3.92. The number of benzene rings is 1. The van der Waals surface area contributed by atoms with Gasteiger partial charge < -0.3 is 5.73 Å². The van der Waals surface area contributed by atoms with E-state index in [1.54, 1.807) is 21.5 Å². The highest BCUT2D eigenvalue weighted by Crippen LogP contribution is 2.32. The van der Waals surface area contributed by atoms with Crippen molar-refractivity contribution in [3.8, 4) is 11.3 Å². The number of nitrogens with two attached hydrogens (primary N) is 1. The molecule has 0 aliphatic rings. The topological polar surface area (TPSA) is 99.8 Å². The lowest BCUT2D eigenvalue weighted by Gasteiger charge is -2.07. The minimum atomic E-state index is 0.517. The van der Waals surface area contributed by atoms with Gasteiger partial charge >= 0.3 is 0 Å². The maximum absolute atomic E-state index is 5.80. The zero-order valence-corrected chi connectivity index (χ0v) is 16.1. The molecule has 1 aromatic carbocycles. The summed E-state index contributed by atoms with van der Waals surface area (Å²) in [5.41, 5.74) is 10.2. The average Bonchev–Trinajstić information content (AvgIpc) is 3.28. The fourth-order valence-electron chi connectivity index (χ4n) is 3.02. The highest BCUT2D eigenvalue weighted by Gasteiger charge is 2.13. The van der Waals surface area contributed by atoms with Gasteiger partial charge in [-0.3, -0.25) is 4.68 Å². The summed E-state index contributed by atoms with van der Waals surface area (Å²) in [4.78, 5) is 5.46. The normalized spacial score (nSPS) is 11.5. The number of nitrogen functional groups attached to an aromatic ring is 1. The molecule has 0 fully saturated rings. The molecule has 0 bridgehead atoms. The molecular formula is C19H16N8S. The Balaban J connectivity index is 1.57. The molecule has 9 heteroatoms. The minimum Gasteiger partial charge on any atom is -0.384 e. The minimum absolute atomic E-state index is 0.517. The standard InChI is InChI=1S/C19H16N8S/c1-11-7-15-12(3-5-17(20)22-15)8-16(11)28-19-24-23-18-6-4-14(25-27(18)19)13-9-21-26(2)10-13/h3-10H,1-2H3,(H2,20,22). The van der Waals surface area contributed by atoms with Gasteiger partial charge in [0.1, 0.15) is 5.82 Å². The van der Waals surface area contributed by atoms with Crippen LogP contribution in [0.4, 0.5) is 5.82 Å². The molecule has 0 spiro atoms. The van der Waals surface area contributed by atoms with Crippen molar-refractivity contribution in [1.82, 2.24) is 34.6 Å². The predicted molar refractivity (Wildman–Crippen MR) is 108 cm³/mol. The summed E-state index contributed by atoms with van der Waals surface area (Å²) in [7, 11) is 1.88. The van der Waals surface area contributed by atoms with Crippen LogP contribution in [0.5, 0.6) is 0 Å². The molecule has 0 amide bonds. The Morgan fingerprint density at radius 2 is 1.96 bits per heavy atom. The maximum Gasteiger partial charge on any atom is 0.217 e. The van der Waals surface area contributed by atoms with Crippen LogP contribution in [0.2, 0.25) is 0 Å². The van der Waals surface area contributed by atoms with E-state index in [9.17, 15) is 0 Å². The number of nitrogens with zero attached hydrogens (tertiary/aromatic N) is 7. The summed E-state index contributed by atoms with van der Waals surface area (Å²) in [5.74, 6) is 0.517. The molecule has 138 valence electrons. The van der Waals surface area contributed by atoms with E-state index in [1.807, 2.05) is 44.4 Å². The van der Waals surface area contributed by atoms with Crippen molar-refractivity contribution in [2.75, 3.05) is 5.73 Å². The Morgan fingerprint density at radius 1 is 1.07 bits per heavy atom. The number of rotatable bonds is 3. The second kappa shape index (κ2) is 6.31. The van der Waals surface area contributed by atoms with Crippen LogP contribution in [-0.4, -0.2) is 34.6 Å². The van der Waals surface area contributed by atoms with Gasteiger partial charge in [0.25, 0.3) is 0 Å². The molecule has 4 heterocycles. The van der Waals surface area contributed by atoms with E-state index in [4.69, 9.17) is 10.8 Å². The van der Waals surface area contributed by atoms with Gasteiger partial charge in [-0.05, 0) is 60.6 Å². The van der Waals surface area contributed by atoms with Gasteiger partial charge in [-0.1, -0.05) is 0 Å². The molecule has 0 saturated carbocycles. The SMILES string of the molecule is Cc1cc2nc(N)ccc2cc1Sc1nnc2ccc(-c3cnn(C)c3)nn12. The average molecular weight is 388 g/mol. The quantitative estimate of drug-likeness (QED) is 0.507. The third kappa shape index (κ3) is 2.85. The zero-order chi connectivity index (χ0) is 19.3. The summed E-state index contributed by atoms with van der Waals surface area (Å²) < 4.78 is 3.51. The first-order chi connectivity index (χ1) is 13.6. The summed E-state index contributed by atoms with van der Waals surface area (Å²) in [6.07, 6.45) is 3.72. The largest absolute Gasteiger partial charge is 0.384 e. The Kier molecular flexibility index (Phi) is 3.76. The van der Waals surface area contributed by atoms with E-state index in [0.717, 1.165) is 32.6 Å². The second-order valence-corrected chi connectivity index (χ2v) is 7.53. The van der Waals surface area contributed by atoms with Crippen molar-refractivity contribution in [3.05, 3.63) is 54.4 Å². The first-order valence-corrected chi connectivity index (χ1v) is 9.45. The van der Waals surface area contributed by atoms with Crippen LogP contribution in [0.1, 0.15) is 5.56 Å². The third-order valence-corrected chi connectivity index (χ3v) is 5.54. The Hall–Kier alpha value is -3.46. The first-order valence-electron chi connectivity index (χ1n) is 8.63. The van der Waals surface area contributed by atoms with E-state index in [2.05, 4.69) is 26.3 Å². The lowest BCUT2D eigenvalue weighted by atomic mass is 10.1. The van der Waals surface area contributed by atoms with Gasteiger partial charge in [-0.25, -0.2) is 4.98 Å². The van der Waals surface area contributed by atoms with Crippen molar-refractivity contribution in [3.63, 3.8) is 0 Å². The van der Waals surface area contributed by atoms with Crippen LogP contribution in [0.25, 0.3) is 27.8 Å². The van der Waals surface area contributed by atoms with Crippen LogP contribution in [-0.2, 0) is 7.05 Å². The van der Waals surface area contributed by atoms with Crippen molar-refractivity contribution in [1.29, 1.82) is 0 Å². The van der Waals surface area contributed by atoms with Gasteiger partial charge in [0, 0.05) is 29.1 Å². The molecule has 28 heavy (non-hydrogen) atoms. The zero-order valence-electron chi connectivity index (χ0n) is 15.2. The molecule has 5 aromatic rings. The predicted octanol–water partition coefficient (Wildman–Crippen LogP) is 3.11. The lowest BCUT2D eigenvalue weighted by molar-refractivity contribution is 0.767. The second-order valence-electron chi connectivity index (χ2n) is 6.52. The maximum atomic E-state index is 5.80. The summed E-state index contributed by atoms with van der Waals surface area (Å²) in [5, 5.41) is 19.2. The molecule has 4 aromatic heterocycles. The first kappa shape index (κ1) is 16.7. The molecule has 0 aliphatic heterocycles. The number of aromatic nitrogens is 7. The Morgan fingerprint density at radius 3 is 2.79 bits per heavy atom. The fraction of sp³-hybridized carbons (Fsp3) is 0.105. The van der Waals surface area contributed by atoms with Gasteiger partial charge in [-0.15, -0.1) is 10.2 Å². The van der Waals surface area contributed by atoms with E-state index >= 15 is 0 Å². The van der Waals surface area contributed by atoms with E-state index in [-0.39, 0.29) is 0 Å². The van der Waals surface area contributed by atoms with Gasteiger partial charge in [0.2, 0.25) is 5.16 Å². The number of anilines is 1. The van der Waals surface area contributed by atoms with Crippen LogP contribution in [0.3, 0.4) is 0 Å². The molecule has 2 N–H and O–H groups in total. The summed E-state index contributed by atoms with van der Waals surface area (Å²) in [6, 6.07) is 11.7. The van der Waals surface area contributed by atoms with Crippen molar-refractivity contribution < 1.29 is 0 Å². The van der Waals surface area contributed by atoms with Crippen molar-refractivity contribution in [2.24, 2.45) is 7.05 Å². The van der Waals surface area contributed by atoms with Gasteiger partial charge in [0.15, 0.2) is 5.65 Å². The van der Waals surface area contributed by atoms with Crippen LogP contribution < -0.4 is 5.73 Å². The highest BCUT2D eigenvalue weighted by atomic mass is 32.2. The van der Waals surface area contributed by atoms with Crippen LogP contribution in [0, 0.1) is 6.92 Å². The molecule has 5 rings (SSSR count). The van der Waals surface area contributed by atoms with E-state index in [1.165, 1.54) is 11.8 Å². The number of aryl methyl sites for hydroxylation is 2. The van der Waals surface area contributed by atoms with Crippen molar-refractivity contribution >= 4 is 34.1 Å². The third-order valence-electron chi connectivity index (χ3n) is 4.44. The van der Waals surface area contributed by atoms with Crippen LogP contribution in [0.15, 0.2) is 58.8 Å². The summed E-state index contributed by atoms with van der Waals surface area (Å²) >= 11 is 1.53. The van der Waals surface area contributed by atoms with Gasteiger partial charge in [0.05, 0.1) is 17.4 Å². The number of hydrogen-bond donors (Lipinski definition) is 1. The number of hydrogen-bond acceptors (Lipinski definition) is 7. The molecule has 0 radical (unpaired) electrons. The lowest BCUT2D eigenvalue weighted by Crippen LogP contribution is -1.96. The van der Waals surface area contributed by atoms with Crippen molar-refractivity contribution in [2.45, 2.75) is 17.0 Å². The number of fused-ring (bicyclic) bond motifs is 2.